The van der Waals surface area contributed by atoms with Gasteiger partial charge in [0.2, 0.25) is 0 Å². The summed E-state index contributed by atoms with van der Waals surface area (Å²) in [6, 6.07) is 8.30. The van der Waals surface area contributed by atoms with Crippen molar-refractivity contribution < 1.29 is 9.69 Å². The van der Waals surface area contributed by atoms with E-state index in [1.165, 1.54) is 28.7 Å². The van der Waals surface area contributed by atoms with Crippen molar-refractivity contribution >= 4 is 16.8 Å². The molecule has 4 nitrogen and oxygen atoms in total. The number of aromatic amines is 1. The number of aromatic nitrogens is 1. The Morgan fingerprint density at radius 1 is 1.41 bits per heavy atom. The van der Waals surface area contributed by atoms with E-state index in [1.54, 1.807) is 0 Å². The fourth-order valence-corrected chi connectivity index (χ4v) is 3.52. The molecule has 2 heterocycles. The van der Waals surface area contributed by atoms with Crippen LogP contribution < -0.4 is 10.2 Å². The van der Waals surface area contributed by atoms with Crippen LogP contribution in [0, 0.1) is 5.92 Å². The number of rotatable bonds is 5. The number of H-pyrrole nitrogens is 1. The van der Waals surface area contributed by atoms with E-state index in [9.17, 15) is 4.79 Å². The van der Waals surface area contributed by atoms with Crippen LogP contribution >= 0.6 is 0 Å². The summed E-state index contributed by atoms with van der Waals surface area (Å²) < 4.78 is 0. The fourth-order valence-electron chi connectivity index (χ4n) is 3.52. The molecule has 1 aliphatic rings. The summed E-state index contributed by atoms with van der Waals surface area (Å²) in [5.74, 6) is 0.937. The number of piperidine rings is 1. The number of nitrogens with one attached hydrogen (secondary N) is 3. The Bertz CT molecular complexity index is 634. The standard InChI is InChI=1S/C18H25N3O/c1-14-5-4-10-21(12-14)13-18(22)19-9-8-15-11-20-17-7-3-2-6-16(15)17/h2-3,6-7,11,14,20H,4-5,8-10,12-13H2,1H3,(H,19,22)/p+1/t14-/m1/s1. The highest BCUT2D eigenvalue weighted by Gasteiger charge is 2.21. The third-order valence-electron chi connectivity index (χ3n) is 4.67. The maximum absolute atomic E-state index is 12.1. The minimum atomic E-state index is 0.184. The molecule has 22 heavy (non-hydrogen) atoms. The molecule has 1 unspecified atom stereocenters. The molecule has 1 saturated heterocycles. The summed E-state index contributed by atoms with van der Waals surface area (Å²) >= 11 is 0. The van der Waals surface area contributed by atoms with E-state index in [4.69, 9.17) is 0 Å². The van der Waals surface area contributed by atoms with Gasteiger partial charge >= 0.3 is 0 Å². The van der Waals surface area contributed by atoms with Crippen LogP contribution in [0.1, 0.15) is 25.3 Å². The molecule has 2 atom stereocenters. The van der Waals surface area contributed by atoms with Crippen LogP contribution in [0.25, 0.3) is 10.9 Å². The Kier molecular flexibility index (Phi) is 4.78. The SMILES string of the molecule is C[C@@H]1CCC[NH+](CC(=O)NCCc2c[nH]c3ccccc23)C1. The lowest BCUT2D eigenvalue weighted by atomic mass is 10.0. The van der Waals surface area contributed by atoms with Gasteiger partial charge in [-0.15, -0.1) is 0 Å². The summed E-state index contributed by atoms with van der Waals surface area (Å²) in [6.45, 7) is 5.89. The van der Waals surface area contributed by atoms with Gasteiger partial charge in [-0.2, -0.15) is 0 Å². The minimum absolute atomic E-state index is 0.184. The molecule has 1 aliphatic heterocycles. The van der Waals surface area contributed by atoms with Crippen LogP contribution in [0.2, 0.25) is 0 Å². The Morgan fingerprint density at radius 2 is 2.27 bits per heavy atom. The maximum Gasteiger partial charge on any atom is 0.275 e. The zero-order chi connectivity index (χ0) is 15.4. The zero-order valence-electron chi connectivity index (χ0n) is 13.3. The maximum atomic E-state index is 12.1. The lowest BCUT2D eigenvalue weighted by Gasteiger charge is -2.27. The molecule has 0 aliphatic carbocycles. The molecule has 4 heteroatoms. The van der Waals surface area contributed by atoms with E-state index in [0.29, 0.717) is 13.1 Å². The van der Waals surface area contributed by atoms with Crippen molar-refractivity contribution in [3.63, 3.8) is 0 Å². The van der Waals surface area contributed by atoms with E-state index >= 15 is 0 Å². The summed E-state index contributed by atoms with van der Waals surface area (Å²) in [7, 11) is 0. The van der Waals surface area contributed by atoms with Crippen molar-refractivity contribution in [2.45, 2.75) is 26.2 Å². The summed E-state index contributed by atoms with van der Waals surface area (Å²) in [5.41, 5.74) is 2.44. The average molecular weight is 300 g/mol. The predicted octanol–water partition coefficient (Wildman–Crippen LogP) is 1.14. The lowest BCUT2D eigenvalue weighted by Crippen LogP contribution is -3.14. The van der Waals surface area contributed by atoms with Crippen LogP contribution in [0.4, 0.5) is 0 Å². The molecule has 0 saturated carbocycles. The van der Waals surface area contributed by atoms with E-state index in [0.717, 1.165) is 30.9 Å². The molecule has 0 spiro atoms. The lowest BCUT2D eigenvalue weighted by molar-refractivity contribution is -0.900. The molecule has 1 fully saturated rings. The Morgan fingerprint density at radius 3 is 3.14 bits per heavy atom. The smallest absolute Gasteiger partial charge is 0.275 e. The van der Waals surface area contributed by atoms with E-state index in [1.807, 2.05) is 12.3 Å². The van der Waals surface area contributed by atoms with Gasteiger partial charge in [-0.05, 0) is 30.9 Å². The number of likely N-dealkylation sites (tertiary alicyclic amines) is 1. The first kappa shape index (κ1) is 15.1. The summed E-state index contributed by atoms with van der Waals surface area (Å²) in [5, 5.41) is 4.33. The molecule has 118 valence electrons. The Balaban J connectivity index is 1.45. The molecule has 1 aromatic carbocycles. The highest BCUT2D eigenvalue weighted by molar-refractivity contribution is 5.83. The average Bonchev–Trinajstić information content (AvgIpc) is 2.91. The van der Waals surface area contributed by atoms with Crippen molar-refractivity contribution in [2.24, 2.45) is 5.92 Å². The van der Waals surface area contributed by atoms with E-state index in [-0.39, 0.29) is 5.91 Å². The third-order valence-corrected chi connectivity index (χ3v) is 4.67. The van der Waals surface area contributed by atoms with Gasteiger partial charge in [0, 0.05) is 29.6 Å². The van der Waals surface area contributed by atoms with Crippen LogP contribution in [0.15, 0.2) is 30.5 Å². The predicted molar refractivity (Wildman–Crippen MR) is 89.0 cm³/mol. The highest BCUT2D eigenvalue weighted by atomic mass is 16.2. The van der Waals surface area contributed by atoms with Crippen molar-refractivity contribution in [1.29, 1.82) is 0 Å². The van der Waals surface area contributed by atoms with Gasteiger partial charge in [-0.3, -0.25) is 4.79 Å². The molecule has 3 rings (SSSR count). The van der Waals surface area contributed by atoms with Gasteiger partial charge in [-0.25, -0.2) is 0 Å². The van der Waals surface area contributed by atoms with Gasteiger partial charge in [0.1, 0.15) is 0 Å². The van der Waals surface area contributed by atoms with Gasteiger partial charge in [0.15, 0.2) is 6.54 Å². The second kappa shape index (κ2) is 6.97. The van der Waals surface area contributed by atoms with Gasteiger partial charge in [-0.1, -0.05) is 25.1 Å². The number of quaternary nitrogens is 1. The van der Waals surface area contributed by atoms with Crippen LogP contribution in [0.3, 0.4) is 0 Å². The van der Waals surface area contributed by atoms with Gasteiger partial charge < -0.3 is 15.2 Å². The number of fused-ring (bicyclic) bond motifs is 1. The highest BCUT2D eigenvalue weighted by Crippen LogP contribution is 2.17. The van der Waals surface area contributed by atoms with E-state index in [2.05, 4.69) is 35.4 Å². The van der Waals surface area contributed by atoms with Crippen LogP contribution in [-0.4, -0.2) is 37.1 Å². The van der Waals surface area contributed by atoms with Gasteiger partial charge in [0.05, 0.1) is 13.1 Å². The Labute approximate surface area is 131 Å². The Hall–Kier alpha value is -1.81. The molecule has 0 bridgehead atoms. The number of benzene rings is 1. The summed E-state index contributed by atoms with van der Waals surface area (Å²) in [6.07, 6.45) is 5.49. The monoisotopic (exact) mass is 300 g/mol. The number of amides is 1. The molecule has 2 aromatic rings. The number of hydrogen-bond acceptors (Lipinski definition) is 1. The van der Waals surface area contributed by atoms with Crippen LogP contribution in [0.5, 0.6) is 0 Å². The minimum Gasteiger partial charge on any atom is -0.361 e. The fraction of sp³-hybridized carbons (Fsp3) is 0.500. The van der Waals surface area contributed by atoms with Gasteiger partial charge in [0.25, 0.3) is 5.91 Å². The molecule has 3 N–H and O–H groups in total. The second-order valence-corrected chi connectivity index (χ2v) is 6.59. The first-order valence-corrected chi connectivity index (χ1v) is 8.37. The molecular formula is C18H26N3O+. The quantitative estimate of drug-likeness (QED) is 0.762. The van der Waals surface area contributed by atoms with Crippen molar-refractivity contribution in [1.82, 2.24) is 10.3 Å². The van der Waals surface area contributed by atoms with Crippen molar-refractivity contribution in [3.8, 4) is 0 Å². The topological polar surface area (TPSA) is 49.3 Å². The van der Waals surface area contributed by atoms with Crippen LogP contribution in [-0.2, 0) is 11.2 Å². The van der Waals surface area contributed by atoms with Crippen molar-refractivity contribution in [3.05, 3.63) is 36.0 Å². The molecule has 0 radical (unpaired) electrons. The second-order valence-electron chi connectivity index (χ2n) is 6.59. The normalized spacial score (nSPS) is 21.9. The number of hydrogen-bond donors (Lipinski definition) is 3. The zero-order valence-corrected chi connectivity index (χ0v) is 13.3. The number of para-hydroxylation sites is 1. The first-order chi connectivity index (χ1) is 10.7. The molecule has 1 amide bonds. The number of carbonyl (C=O) groups excluding carboxylic acids is 1. The van der Waals surface area contributed by atoms with E-state index < -0.39 is 0 Å². The summed E-state index contributed by atoms with van der Waals surface area (Å²) in [4.78, 5) is 16.8. The number of carbonyl (C=O) groups is 1. The molecular weight excluding hydrogens is 274 g/mol. The first-order valence-electron chi connectivity index (χ1n) is 8.37. The van der Waals surface area contributed by atoms with Crippen molar-refractivity contribution in [2.75, 3.05) is 26.2 Å². The largest absolute Gasteiger partial charge is 0.361 e. The molecule has 1 aromatic heterocycles. The third kappa shape index (κ3) is 3.69.